The van der Waals surface area contributed by atoms with Gasteiger partial charge in [0.2, 0.25) is 29.5 Å². The largest absolute Gasteiger partial charge is 0.480 e. The van der Waals surface area contributed by atoms with E-state index in [1.165, 1.54) is 17.7 Å². The van der Waals surface area contributed by atoms with Crippen molar-refractivity contribution in [1.82, 2.24) is 49.8 Å². The molecule has 1 atom stereocenters. The second-order valence-electron chi connectivity index (χ2n) is 15.0. The van der Waals surface area contributed by atoms with Crippen LogP contribution in [0.2, 0.25) is 0 Å². The number of piperidine rings is 1. The van der Waals surface area contributed by atoms with Crippen molar-refractivity contribution < 1.29 is 38.3 Å². The number of carboxylic acids is 1. The number of piperazine rings is 1. The van der Waals surface area contributed by atoms with E-state index in [9.17, 15) is 28.8 Å². The van der Waals surface area contributed by atoms with Gasteiger partial charge >= 0.3 is 5.97 Å². The second kappa shape index (κ2) is 16.7. The van der Waals surface area contributed by atoms with Crippen LogP contribution >= 0.6 is 0 Å². The molecule has 0 bridgehead atoms. The van der Waals surface area contributed by atoms with Crippen LogP contribution in [-0.2, 0) is 42.4 Å². The molecule has 3 aliphatic heterocycles. The SMILES string of the molecule is CC(=O)N1CCCC1C(=O)N1CCN(CC(=O)N2CCC(c3nn(CC(=O)NCC(=O)NCC(=O)O)c4cccc(-c5cc6c(cnn6C)cc5F)c34)CC2)CC1. The average Bonchev–Trinajstić information content (AvgIpc) is 3.94. The minimum Gasteiger partial charge on any atom is -0.480 e. The Morgan fingerprint density at radius 1 is 0.842 bits per heavy atom. The molecule has 3 N–H and O–H groups in total. The molecule has 7 rings (SSSR count). The number of aromatic nitrogens is 4. The molecule has 3 saturated heterocycles. The highest BCUT2D eigenvalue weighted by Crippen LogP contribution is 2.40. The Labute approximate surface area is 327 Å². The molecular formula is C39H47FN10O7. The van der Waals surface area contributed by atoms with Crippen LogP contribution in [0.1, 0.15) is 44.2 Å². The summed E-state index contributed by atoms with van der Waals surface area (Å²) < 4.78 is 19.1. The Hall–Kier alpha value is -5.91. The van der Waals surface area contributed by atoms with Gasteiger partial charge in [-0.05, 0) is 49.4 Å². The molecular weight excluding hydrogens is 739 g/mol. The predicted octanol–water partition coefficient (Wildman–Crippen LogP) is 0.907. The Kier molecular flexibility index (Phi) is 11.5. The number of likely N-dealkylation sites (tertiary alicyclic amines) is 2. The Balaban J connectivity index is 1.05. The quantitative estimate of drug-likeness (QED) is 0.197. The lowest BCUT2D eigenvalue weighted by Crippen LogP contribution is -2.55. The molecule has 2 aromatic heterocycles. The first-order valence-electron chi connectivity index (χ1n) is 19.3. The predicted molar refractivity (Wildman–Crippen MR) is 205 cm³/mol. The average molecular weight is 787 g/mol. The lowest BCUT2D eigenvalue weighted by atomic mass is 9.88. The van der Waals surface area contributed by atoms with Crippen LogP contribution in [0.5, 0.6) is 0 Å². The second-order valence-corrected chi connectivity index (χ2v) is 15.0. The van der Waals surface area contributed by atoms with Crippen molar-refractivity contribution in [3.63, 3.8) is 0 Å². The van der Waals surface area contributed by atoms with E-state index in [0.29, 0.717) is 98.2 Å². The topological polar surface area (TPSA) is 195 Å². The van der Waals surface area contributed by atoms with E-state index in [4.69, 9.17) is 10.2 Å². The Morgan fingerprint density at radius 2 is 1.58 bits per heavy atom. The van der Waals surface area contributed by atoms with E-state index in [0.717, 1.165) is 11.9 Å². The lowest BCUT2D eigenvalue weighted by molar-refractivity contribution is -0.144. The minimum atomic E-state index is -1.21. The van der Waals surface area contributed by atoms with Gasteiger partial charge in [0.05, 0.1) is 36.0 Å². The molecule has 4 aromatic rings. The van der Waals surface area contributed by atoms with E-state index < -0.39 is 42.7 Å². The van der Waals surface area contributed by atoms with Gasteiger partial charge in [0.1, 0.15) is 24.9 Å². The van der Waals surface area contributed by atoms with Crippen LogP contribution in [-0.4, -0.2) is 151 Å². The van der Waals surface area contributed by atoms with Gasteiger partial charge < -0.3 is 30.4 Å². The van der Waals surface area contributed by atoms with Gasteiger partial charge in [0.15, 0.2) is 0 Å². The molecule has 0 spiro atoms. The maximum absolute atomic E-state index is 15.8. The van der Waals surface area contributed by atoms with Crippen LogP contribution in [0, 0.1) is 5.82 Å². The number of carbonyl (C=O) groups is 6. The first-order valence-corrected chi connectivity index (χ1v) is 19.3. The normalized spacial score (nSPS) is 18.0. The van der Waals surface area contributed by atoms with Crippen LogP contribution in [0.3, 0.4) is 0 Å². The third-order valence-corrected chi connectivity index (χ3v) is 11.3. The summed E-state index contributed by atoms with van der Waals surface area (Å²) in [5.74, 6) is -3.04. The molecule has 3 fully saturated rings. The zero-order valence-corrected chi connectivity index (χ0v) is 32.1. The molecule has 5 heterocycles. The van der Waals surface area contributed by atoms with Crippen molar-refractivity contribution in [2.75, 3.05) is 65.4 Å². The third kappa shape index (κ3) is 8.45. The molecule has 1 unspecified atom stereocenters. The first kappa shape index (κ1) is 39.3. The van der Waals surface area contributed by atoms with Gasteiger partial charge in [-0.2, -0.15) is 10.2 Å². The number of hydrogen-bond acceptors (Lipinski definition) is 9. The van der Waals surface area contributed by atoms with E-state index in [-0.39, 0.29) is 36.7 Å². The highest BCUT2D eigenvalue weighted by atomic mass is 19.1. The molecule has 18 heteroatoms. The maximum atomic E-state index is 15.8. The van der Waals surface area contributed by atoms with Gasteiger partial charge in [-0.3, -0.25) is 43.0 Å². The standard InChI is InChI=1S/C39H47FN10O7/c1-24(51)49-10-4-7-31(49)39(57)48-15-13-46(14-16-48)23-35(54)47-11-8-25(9-12-47)38-37-27(28-18-32-26(17-29(28)40)19-43-45(32)2)5-3-6-30(37)50(44-38)22-34(53)41-20-33(52)42-21-36(55)56/h3,5-6,17-19,25,31H,4,7-16,20-23H2,1-2H3,(H,41,53)(H,42,52)(H,55,56). The van der Waals surface area contributed by atoms with Crippen LogP contribution in [0.25, 0.3) is 32.9 Å². The van der Waals surface area contributed by atoms with Gasteiger partial charge in [0.25, 0.3) is 0 Å². The number of benzene rings is 2. The van der Waals surface area contributed by atoms with E-state index >= 15 is 4.39 Å². The smallest absolute Gasteiger partial charge is 0.322 e. The fraction of sp³-hybridized carbons (Fsp3) is 0.487. The molecule has 57 heavy (non-hydrogen) atoms. The van der Waals surface area contributed by atoms with Crippen LogP contribution in [0.4, 0.5) is 4.39 Å². The maximum Gasteiger partial charge on any atom is 0.322 e. The van der Waals surface area contributed by atoms with Crippen molar-refractivity contribution in [2.45, 2.75) is 51.1 Å². The van der Waals surface area contributed by atoms with Crippen molar-refractivity contribution in [1.29, 1.82) is 0 Å². The number of nitrogens with one attached hydrogen (secondary N) is 2. The molecule has 0 aliphatic carbocycles. The number of nitrogens with zero attached hydrogens (tertiary/aromatic N) is 8. The Morgan fingerprint density at radius 3 is 2.30 bits per heavy atom. The van der Waals surface area contributed by atoms with Gasteiger partial charge in [-0.15, -0.1) is 0 Å². The van der Waals surface area contributed by atoms with Crippen molar-refractivity contribution in [3.8, 4) is 11.1 Å². The summed E-state index contributed by atoms with van der Waals surface area (Å²) >= 11 is 0. The highest BCUT2D eigenvalue weighted by molar-refractivity contribution is 6.00. The van der Waals surface area contributed by atoms with Crippen LogP contribution < -0.4 is 10.6 Å². The molecule has 302 valence electrons. The number of carboxylic acid groups (broad SMARTS) is 1. The summed E-state index contributed by atoms with van der Waals surface area (Å²) in [6.45, 7) is 4.17. The number of hydrogen-bond donors (Lipinski definition) is 3. The number of rotatable bonds is 11. The number of amides is 5. The summed E-state index contributed by atoms with van der Waals surface area (Å²) in [5.41, 5.74) is 2.96. The molecule has 0 radical (unpaired) electrons. The fourth-order valence-corrected chi connectivity index (χ4v) is 8.31. The van der Waals surface area contributed by atoms with Gasteiger partial charge in [-0.1, -0.05) is 12.1 Å². The highest BCUT2D eigenvalue weighted by Gasteiger charge is 2.37. The fourth-order valence-electron chi connectivity index (χ4n) is 8.31. The summed E-state index contributed by atoms with van der Waals surface area (Å²) in [6, 6.07) is 8.20. The molecule has 2 aromatic carbocycles. The number of aryl methyl sites for hydroxylation is 1. The number of aliphatic carboxylic acids is 1. The van der Waals surface area contributed by atoms with Crippen molar-refractivity contribution in [2.24, 2.45) is 7.05 Å². The number of fused-ring (bicyclic) bond motifs is 2. The zero-order chi connectivity index (χ0) is 40.4. The summed E-state index contributed by atoms with van der Waals surface area (Å²) in [6.07, 6.45) is 4.27. The Bertz CT molecular complexity index is 2220. The lowest BCUT2D eigenvalue weighted by Gasteiger charge is -2.38. The van der Waals surface area contributed by atoms with Gasteiger partial charge in [0, 0.05) is 82.0 Å². The summed E-state index contributed by atoms with van der Waals surface area (Å²) in [4.78, 5) is 82.0. The summed E-state index contributed by atoms with van der Waals surface area (Å²) in [5, 5.41) is 24.1. The van der Waals surface area contributed by atoms with E-state index in [2.05, 4.69) is 20.6 Å². The number of halogens is 1. The monoisotopic (exact) mass is 786 g/mol. The zero-order valence-electron chi connectivity index (χ0n) is 32.1. The van der Waals surface area contributed by atoms with Crippen LogP contribution in [0.15, 0.2) is 36.5 Å². The summed E-state index contributed by atoms with van der Waals surface area (Å²) in [7, 11) is 1.78. The molecule has 5 amide bonds. The van der Waals surface area contributed by atoms with Crippen molar-refractivity contribution >= 4 is 57.3 Å². The molecule has 17 nitrogen and oxygen atoms in total. The van der Waals surface area contributed by atoms with Gasteiger partial charge in [-0.25, -0.2) is 4.39 Å². The first-order chi connectivity index (χ1) is 27.4. The minimum absolute atomic E-state index is 0.00142. The van der Waals surface area contributed by atoms with E-state index in [1.807, 2.05) is 17.0 Å². The molecule has 0 saturated carbocycles. The van der Waals surface area contributed by atoms with Crippen molar-refractivity contribution in [3.05, 3.63) is 48.0 Å². The number of carbonyl (C=O) groups excluding carboxylic acids is 5. The third-order valence-electron chi connectivity index (χ3n) is 11.3. The van der Waals surface area contributed by atoms with E-state index in [1.54, 1.807) is 39.9 Å². The molecule has 3 aliphatic rings.